The molecule has 3 rings (SSSR count). The van der Waals surface area contributed by atoms with Gasteiger partial charge in [0.25, 0.3) is 0 Å². The molecule has 0 aliphatic heterocycles. The van der Waals surface area contributed by atoms with Crippen molar-refractivity contribution in [1.29, 1.82) is 0 Å². The van der Waals surface area contributed by atoms with Gasteiger partial charge in [0.2, 0.25) is 0 Å². The third-order valence-corrected chi connectivity index (χ3v) is 3.87. The lowest BCUT2D eigenvalue weighted by atomic mass is 10.1. The fraction of sp³-hybridized carbons (Fsp3) is 0.0667. The smallest absolute Gasteiger partial charge is 0.0289 e. The van der Waals surface area contributed by atoms with Crippen LogP contribution in [0.25, 0.3) is 10.6 Å². The molecule has 2 aliphatic carbocycles. The largest absolute Gasteiger partial charge is 0.0620 e. The van der Waals surface area contributed by atoms with E-state index in [4.69, 9.17) is 0 Å². The minimum atomic E-state index is 1.00. The molecule has 1 aromatic rings. The predicted molar refractivity (Wildman–Crippen MR) is 73.2 cm³/mol. The number of benzene rings is 1. The van der Waals surface area contributed by atoms with E-state index < -0.39 is 0 Å². The zero-order valence-corrected chi connectivity index (χ0v) is 10.4. The molecule has 2 bridgehead atoms. The van der Waals surface area contributed by atoms with Crippen LogP contribution >= 0.6 is 15.9 Å². The Kier molecular flexibility index (Phi) is 2.41. The Bertz CT molecular complexity index is 557. The third kappa shape index (κ3) is 1.61. The topological polar surface area (TPSA) is 0 Å². The fourth-order valence-corrected chi connectivity index (χ4v) is 2.77. The van der Waals surface area contributed by atoms with Crippen LogP contribution in [0.1, 0.15) is 17.5 Å². The third-order valence-electron chi connectivity index (χ3n) is 2.93. The summed E-state index contributed by atoms with van der Waals surface area (Å²) in [6, 6.07) is 8.50. The predicted octanol–water partition coefficient (Wildman–Crippen LogP) is 4.71. The van der Waals surface area contributed by atoms with Gasteiger partial charge in [-0.2, -0.15) is 0 Å². The second-order valence-electron chi connectivity index (χ2n) is 4.04. The second-order valence-corrected chi connectivity index (χ2v) is 4.83. The first-order valence-corrected chi connectivity index (χ1v) is 6.17. The van der Waals surface area contributed by atoms with Gasteiger partial charge < -0.3 is 0 Å². The van der Waals surface area contributed by atoms with Crippen LogP contribution in [0, 0.1) is 0 Å². The van der Waals surface area contributed by atoms with Crippen molar-refractivity contribution in [2.75, 3.05) is 0 Å². The van der Waals surface area contributed by atoms with Crippen LogP contribution in [-0.2, 0) is 0 Å². The molecule has 78 valence electrons. The summed E-state index contributed by atoms with van der Waals surface area (Å²) in [6.07, 6.45) is 11.9. The molecule has 0 spiro atoms. The van der Waals surface area contributed by atoms with Crippen molar-refractivity contribution >= 4 is 26.5 Å². The maximum absolute atomic E-state index is 3.73. The Hall–Kier alpha value is -1.34. The molecule has 0 saturated carbocycles. The second kappa shape index (κ2) is 3.91. The number of allylic oxidation sites excluding steroid dienone is 6. The number of halogens is 1. The minimum absolute atomic E-state index is 1.00. The normalized spacial score (nSPS) is 17.7. The van der Waals surface area contributed by atoms with Crippen molar-refractivity contribution < 1.29 is 0 Å². The number of fused-ring (bicyclic) bond motifs is 3. The van der Waals surface area contributed by atoms with E-state index in [-0.39, 0.29) is 0 Å². The van der Waals surface area contributed by atoms with Gasteiger partial charge in [-0.1, -0.05) is 54.6 Å². The maximum Gasteiger partial charge on any atom is 0.0289 e. The van der Waals surface area contributed by atoms with Crippen LogP contribution in [0.3, 0.4) is 0 Å². The Morgan fingerprint density at radius 1 is 1.00 bits per heavy atom. The lowest BCUT2D eigenvalue weighted by Gasteiger charge is -2.05. The molecule has 0 radical (unpaired) electrons. The van der Waals surface area contributed by atoms with Gasteiger partial charge in [0.1, 0.15) is 0 Å². The zero-order valence-electron chi connectivity index (χ0n) is 8.78. The van der Waals surface area contributed by atoms with Crippen LogP contribution < -0.4 is 0 Å². The summed E-state index contributed by atoms with van der Waals surface area (Å²) in [5, 5.41) is 0. The molecular formula is C15H11Br. The Morgan fingerprint density at radius 3 is 2.75 bits per heavy atom. The van der Waals surface area contributed by atoms with Crippen molar-refractivity contribution in [1.82, 2.24) is 0 Å². The van der Waals surface area contributed by atoms with Gasteiger partial charge in [0.05, 0.1) is 0 Å². The average Bonchev–Trinajstić information content (AvgIpc) is 2.61. The molecule has 0 saturated heterocycles. The average molecular weight is 271 g/mol. The zero-order chi connectivity index (χ0) is 11.0. The number of hydrogen-bond donors (Lipinski definition) is 0. The van der Waals surface area contributed by atoms with Gasteiger partial charge in [-0.15, -0.1) is 0 Å². The minimum Gasteiger partial charge on any atom is -0.0620 e. The SMILES string of the molecule is BrC1=C2C=CC=CC(=Cc3ccccc31)C2. The highest BCUT2D eigenvalue weighted by molar-refractivity contribution is 9.15. The van der Waals surface area contributed by atoms with Gasteiger partial charge in [-0.25, -0.2) is 0 Å². The number of hydrogen-bond acceptors (Lipinski definition) is 0. The van der Waals surface area contributed by atoms with Gasteiger partial charge in [0.15, 0.2) is 0 Å². The van der Waals surface area contributed by atoms with Crippen LogP contribution in [0.2, 0.25) is 0 Å². The van der Waals surface area contributed by atoms with Crippen LogP contribution in [0.15, 0.2) is 59.7 Å². The molecule has 0 fully saturated rings. The Labute approximate surface area is 104 Å². The lowest BCUT2D eigenvalue weighted by molar-refractivity contribution is 1.25. The first-order valence-electron chi connectivity index (χ1n) is 5.38. The van der Waals surface area contributed by atoms with E-state index in [9.17, 15) is 0 Å². The van der Waals surface area contributed by atoms with Crippen molar-refractivity contribution in [3.63, 3.8) is 0 Å². The Balaban J connectivity index is 2.32. The van der Waals surface area contributed by atoms with Crippen LogP contribution in [0.5, 0.6) is 0 Å². The summed E-state index contributed by atoms with van der Waals surface area (Å²) >= 11 is 3.73. The highest BCUT2D eigenvalue weighted by atomic mass is 79.9. The van der Waals surface area contributed by atoms with E-state index >= 15 is 0 Å². The first kappa shape index (κ1) is 9.86. The van der Waals surface area contributed by atoms with Gasteiger partial charge in [0, 0.05) is 4.48 Å². The summed E-state index contributed by atoms with van der Waals surface area (Å²) in [6.45, 7) is 0. The van der Waals surface area contributed by atoms with Crippen molar-refractivity contribution in [3.05, 3.63) is 70.8 Å². The van der Waals surface area contributed by atoms with E-state index in [1.54, 1.807) is 0 Å². The molecule has 1 heteroatoms. The quantitative estimate of drug-likeness (QED) is 0.641. The highest BCUT2D eigenvalue weighted by Crippen LogP contribution is 2.37. The molecule has 0 aromatic heterocycles. The number of rotatable bonds is 0. The van der Waals surface area contributed by atoms with E-state index in [1.165, 1.54) is 26.8 Å². The molecule has 2 aliphatic rings. The molecular weight excluding hydrogens is 260 g/mol. The lowest BCUT2D eigenvalue weighted by Crippen LogP contribution is -1.84. The molecule has 16 heavy (non-hydrogen) atoms. The van der Waals surface area contributed by atoms with E-state index in [1.807, 2.05) is 0 Å². The summed E-state index contributed by atoms with van der Waals surface area (Å²) in [4.78, 5) is 0. The van der Waals surface area contributed by atoms with Crippen LogP contribution in [0.4, 0.5) is 0 Å². The molecule has 0 nitrogen and oxygen atoms in total. The van der Waals surface area contributed by atoms with E-state index in [0.29, 0.717) is 0 Å². The standard InChI is InChI=1S/C15H11Br/c16-15-13-7-2-1-5-11(10-13)9-12-6-3-4-8-14(12)15/h1-9H,10H2. The first-order chi connectivity index (χ1) is 7.84. The molecule has 0 N–H and O–H groups in total. The Morgan fingerprint density at radius 2 is 1.81 bits per heavy atom. The summed E-state index contributed by atoms with van der Waals surface area (Å²) in [5.41, 5.74) is 5.29. The van der Waals surface area contributed by atoms with Crippen molar-refractivity contribution in [3.8, 4) is 0 Å². The van der Waals surface area contributed by atoms with Gasteiger partial charge in [-0.3, -0.25) is 0 Å². The molecule has 0 amide bonds. The molecule has 0 unspecified atom stereocenters. The molecule has 0 atom stereocenters. The fourth-order valence-electron chi connectivity index (χ4n) is 2.13. The van der Waals surface area contributed by atoms with Crippen molar-refractivity contribution in [2.45, 2.75) is 6.42 Å². The summed E-state index contributed by atoms with van der Waals surface area (Å²) in [7, 11) is 0. The summed E-state index contributed by atoms with van der Waals surface area (Å²) < 4.78 is 1.22. The van der Waals surface area contributed by atoms with Crippen LogP contribution in [-0.4, -0.2) is 0 Å². The van der Waals surface area contributed by atoms with E-state index in [2.05, 4.69) is 70.6 Å². The monoisotopic (exact) mass is 270 g/mol. The highest BCUT2D eigenvalue weighted by Gasteiger charge is 2.14. The van der Waals surface area contributed by atoms with E-state index in [0.717, 1.165) is 6.42 Å². The maximum atomic E-state index is 3.73. The summed E-state index contributed by atoms with van der Waals surface area (Å²) in [5.74, 6) is 0. The molecule has 1 aromatic carbocycles. The van der Waals surface area contributed by atoms with Crippen molar-refractivity contribution in [2.24, 2.45) is 0 Å². The molecule has 0 heterocycles. The van der Waals surface area contributed by atoms with Gasteiger partial charge in [-0.05, 0) is 44.6 Å². The van der Waals surface area contributed by atoms with Gasteiger partial charge >= 0.3 is 0 Å².